The van der Waals surface area contributed by atoms with E-state index in [9.17, 15) is 14.7 Å². The predicted molar refractivity (Wildman–Crippen MR) is 134 cm³/mol. The van der Waals surface area contributed by atoms with Gasteiger partial charge in [0.15, 0.2) is 11.5 Å². The molecule has 1 atom stereocenters. The molecule has 0 spiro atoms. The van der Waals surface area contributed by atoms with E-state index in [2.05, 4.69) is 9.97 Å². The van der Waals surface area contributed by atoms with Crippen molar-refractivity contribution in [1.29, 1.82) is 0 Å². The summed E-state index contributed by atoms with van der Waals surface area (Å²) in [5, 5.41) is 13.1. The molecule has 0 radical (unpaired) electrons. The van der Waals surface area contributed by atoms with Crippen molar-refractivity contribution in [2.75, 3.05) is 19.1 Å². The van der Waals surface area contributed by atoms with Gasteiger partial charge in [-0.1, -0.05) is 37.3 Å². The van der Waals surface area contributed by atoms with Crippen LogP contribution in [0.5, 0.6) is 11.5 Å². The third-order valence-corrected chi connectivity index (χ3v) is 7.02. The van der Waals surface area contributed by atoms with Crippen molar-refractivity contribution >= 4 is 45.8 Å². The Labute approximate surface area is 205 Å². The van der Waals surface area contributed by atoms with Crippen molar-refractivity contribution in [3.63, 3.8) is 0 Å². The van der Waals surface area contributed by atoms with Crippen molar-refractivity contribution in [2.24, 2.45) is 0 Å². The first-order chi connectivity index (χ1) is 17.0. The van der Waals surface area contributed by atoms with Gasteiger partial charge in [-0.25, -0.2) is 4.98 Å². The number of methoxy groups -OCH3 is 2. The third kappa shape index (κ3) is 3.74. The number of nitrogens with one attached hydrogen (secondary N) is 1. The Morgan fingerprint density at radius 1 is 1.11 bits per heavy atom. The van der Waals surface area contributed by atoms with E-state index in [-0.39, 0.29) is 17.3 Å². The standard InChI is InChI=1S/C26H23N3O5S/c1-4-14-7-9-15(10-8-14)23(30)21-22(20-6-5-11-35-20)29(25(32)24(21)31)26-27-16-12-18(33-2)19(34-3)13-17(16)28-26/h5-13,22,30H,4H2,1-3H3,(H,27,28)/b23-21+. The molecule has 1 fully saturated rings. The number of aromatic amines is 1. The van der Waals surface area contributed by atoms with E-state index in [0.29, 0.717) is 28.1 Å². The van der Waals surface area contributed by atoms with Gasteiger partial charge in [-0.05, 0) is 23.4 Å². The lowest BCUT2D eigenvalue weighted by Gasteiger charge is -2.21. The zero-order valence-corrected chi connectivity index (χ0v) is 20.2. The minimum Gasteiger partial charge on any atom is -0.507 e. The van der Waals surface area contributed by atoms with Crippen molar-refractivity contribution in [3.05, 3.63) is 75.5 Å². The maximum atomic E-state index is 13.3. The second-order valence-electron chi connectivity index (χ2n) is 8.02. The molecule has 1 aliphatic heterocycles. The lowest BCUT2D eigenvalue weighted by molar-refractivity contribution is -0.132. The van der Waals surface area contributed by atoms with Crippen LogP contribution in [0.25, 0.3) is 16.8 Å². The second-order valence-corrected chi connectivity index (χ2v) is 9.00. The first-order valence-corrected chi connectivity index (χ1v) is 11.9. The highest BCUT2D eigenvalue weighted by Crippen LogP contribution is 2.43. The molecule has 2 aromatic heterocycles. The number of benzene rings is 2. The molecule has 2 aromatic carbocycles. The number of imidazole rings is 1. The number of anilines is 1. The molecule has 5 rings (SSSR count). The molecule has 3 heterocycles. The van der Waals surface area contributed by atoms with E-state index >= 15 is 0 Å². The minimum atomic E-state index is -0.829. The minimum absolute atomic E-state index is 0.0253. The van der Waals surface area contributed by atoms with E-state index in [4.69, 9.17) is 9.47 Å². The van der Waals surface area contributed by atoms with Gasteiger partial charge in [-0.2, -0.15) is 0 Å². The van der Waals surface area contributed by atoms with Crippen LogP contribution in [0.3, 0.4) is 0 Å². The molecule has 178 valence electrons. The fraction of sp³-hybridized carbons (Fsp3) is 0.192. The summed E-state index contributed by atoms with van der Waals surface area (Å²) in [5.74, 6) is -0.570. The molecule has 1 unspecified atom stereocenters. The van der Waals surface area contributed by atoms with Gasteiger partial charge in [0.25, 0.3) is 5.78 Å². The van der Waals surface area contributed by atoms with Crippen molar-refractivity contribution < 1.29 is 24.2 Å². The number of aliphatic hydroxyl groups is 1. The van der Waals surface area contributed by atoms with Crippen LogP contribution in [-0.4, -0.2) is 41.0 Å². The van der Waals surface area contributed by atoms with E-state index in [0.717, 1.165) is 16.9 Å². The number of Topliss-reactive ketones (excluding diaryl/α,β-unsaturated/α-hetero) is 1. The Kier molecular flexibility index (Phi) is 5.78. The fourth-order valence-electron chi connectivity index (χ4n) is 4.26. The molecule has 1 aliphatic rings. The number of ether oxygens (including phenoxy) is 2. The van der Waals surface area contributed by atoms with Crippen LogP contribution >= 0.6 is 11.3 Å². The van der Waals surface area contributed by atoms with Gasteiger partial charge in [0.05, 0.1) is 30.8 Å². The molecular formula is C26H23N3O5S. The number of hydrogen-bond acceptors (Lipinski definition) is 7. The van der Waals surface area contributed by atoms with Crippen LogP contribution in [0.2, 0.25) is 0 Å². The summed E-state index contributed by atoms with van der Waals surface area (Å²) in [5.41, 5.74) is 2.75. The molecule has 9 heteroatoms. The molecule has 1 saturated heterocycles. The van der Waals surface area contributed by atoms with Gasteiger partial charge in [0, 0.05) is 22.6 Å². The van der Waals surface area contributed by atoms with E-state index in [1.807, 2.05) is 36.6 Å². The number of rotatable bonds is 6. The zero-order chi connectivity index (χ0) is 24.7. The van der Waals surface area contributed by atoms with Crippen molar-refractivity contribution in [1.82, 2.24) is 9.97 Å². The predicted octanol–water partition coefficient (Wildman–Crippen LogP) is 4.83. The number of ketones is 1. The van der Waals surface area contributed by atoms with Gasteiger partial charge in [0.1, 0.15) is 11.8 Å². The number of nitrogens with zero attached hydrogens (tertiary/aromatic N) is 2. The maximum absolute atomic E-state index is 13.3. The second kappa shape index (κ2) is 8.92. The highest BCUT2D eigenvalue weighted by atomic mass is 32.1. The Morgan fingerprint density at radius 3 is 2.46 bits per heavy atom. The van der Waals surface area contributed by atoms with Crippen LogP contribution in [-0.2, 0) is 16.0 Å². The summed E-state index contributed by atoms with van der Waals surface area (Å²) < 4.78 is 10.7. The Hall–Kier alpha value is -4.11. The molecule has 0 saturated carbocycles. The van der Waals surface area contributed by atoms with Gasteiger partial charge in [-0.15, -0.1) is 11.3 Å². The lowest BCUT2D eigenvalue weighted by Crippen LogP contribution is -2.30. The number of hydrogen-bond donors (Lipinski definition) is 2. The number of carbonyl (C=O) groups is 2. The number of aryl methyl sites for hydroxylation is 1. The topological polar surface area (TPSA) is 105 Å². The molecular weight excluding hydrogens is 466 g/mol. The van der Waals surface area contributed by atoms with E-state index < -0.39 is 17.7 Å². The maximum Gasteiger partial charge on any atom is 0.302 e. The van der Waals surface area contributed by atoms with Crippen LogP contribution in [0.1, 0.15) is 29.0 Å². The number of aliphatic hydroxyl groups excluding tert-OH is 1. The average Bonchev–Trinajstić information content (AvgIpc) is 3.61. The van der Waals surface area contributed by atoms with Crippen LogP contribution < -0.4 is 14.4 Å². The number of aromatic nitrogens is 2. The van der Waals surface area contributed by atoms with E-state index in [1.165, 1.54) is 30.5 Å². The Balaban J connectivity index is 1.67. The lowest BCUT2D eigenvalue weighted by atomic mass is 9.99. The first-order valence-electron chi connectivity index (χ1n) is 11.0. The smallest absolute Gasteiger partial charge is 0.302 e. The number of H-pyrrole nitrogens is 1. The van der Waals surface area contributed by atoms with Crippen LogP contribution in [0.15, 0.2) is 59.5 Å². The normalized spacial score (nSPS) is 17.3. The summed E-state index contributed by atoms with van der Waals surface area (Å²) >= 11 is 1.39. The SMILES string of the molecule is CCc1ccc(/C(O)=C2\C(=O)C(=O)N(c3nc4cc(OC)c(OC)cc4[nH]3)C2c2cccs2)cc1. The summed E-state index contributed by atoms with van der Waals surface area (Å²) in [6, 6.07) is 13.6. The first kappa shape index (κ1) is 22.7. The average molecular weight is 490 g/mol. The van der Waals surface area contributed by atoms with Crippen LogP contribution in [0.4, 0.5) is 5.95 Å². The van der Waals surface area contributed by atoms with Gasteiger partial charge >= 0.3 is 5.91 Å². The Bertz CT molecular complexity index is 1410. The third-order valence-electron chi connectivity index (χ3n) is 6.10. The monoisotopic (exact) mass is 489 g/mol. The number of fused-ring (bicyclic) bond motifs is 1. The summed E-state index contributed by atoms with van der Waals surface area (Å²) in [6.45, 7) is 2.04. The van der Waals surface area contributed by atoms with Crippen LogP contribution in [0, 0.1) is 0 Å². The highest BCUT2D eigenvalue weighted by Gasteiger charge is 2.48. The molecule has 1 amide bonds. The summed E-state index contributed by atoms with van der Waals surface area (Å²) in [4.78, 5) is 36.3. The molecule has 0 aliphatic carbocycles. The molecule has 35 heavy (non-hydrogen) atoms. The molecule has 0 bridgehead atoms. The van der Waals surface area contributed by atoms with Crippen molar-refractivity contribution in [2.45, 2.75) is 19.4 Å². The van der Waals surface area contributed by atoms with Gasteiger partial charge in [-0.3, -0.25) is 14.5 Å². The quantitative estimate of drug-likeness (QED) is 0.228. The summed E-state index contributed by atoms with van der Waals surface area (Å²) in [7, 11) is 3.06. The number of thiophene rings is 1. The van der Waals surface area contributed by atoms with Crippen molar-refractivity contribution in [3.8, 4) is 11.5 Å². The highest BCUT2D eigenvalue weighted by molar-refractivity contribution is 7.10. The number of amides is 1. The largest absolute Gasteiger partial charge is 0.507 e. The Morgan fingerprint density at radius 2 is 1.83 bits per heavy atom. The van der Waals surface area contributed by atoms with E-state index in [1.54, 1.807) is 24.3 Å². The molecule has 8 nitrogen and oxygen atoms in total. The van der Waals surface area contributed by atoms with Gasteiger partial charge < -0.3 is 19.6 Å². The molecule has 2 N–H and O–H groups in total. The zero-order valence-electron chi connectivity index (χ0n) is 19.4. The number of carbonyl (C=O) groups excluding carboxylic acids is 2. The van der Waals surface area contributed by atoms with Gasteiger partial charge in [0.2, 0.25) is 5.95 Å². The fourth-order valence-corrected chi connectivity index (χ4v) is 5.08. The summed E-state index contributed by atoms with van der Waals surface area (Å²) in [6.07, 6.45) is 0.849. The molecule has 4 aromatic rings.